The van der Waals surface area contributed by atoms with Crippen molar-refractivity contribution in [2.75, 3.05) is 21.1 Å². The Labute approximate surface area is 197 Å². The van der Waals surface area contributed by atoms with Crippen molar-refractivity contribution in [1.82, 2.24) is 10.2 Å². The van der Waals surface area contributed by atoms with Gasteiger partial charge >= 0.3 is 0 Å². The molecule has 32 heavy (non-hydrogen) atoms. The Morgan fingerprint density at radius 3 is 2.31 bits per heavy atom. The number of fused-ring (bicyclic) bond motifs is 2. The molecule has 1 unspecified atom stereocenters. The lowest BCUT2D eigenvalue weighted by molar-refractivity contribution is -0.145. The van der Waals surface area contributed by atoms with Crippen LogP contribution in [0.15, 0.2) is 4.99 Å². The Morgan fingerprint density at radius 1 is 1.00 bits per heavy atom. The topological polar surface area (TPSA) is 47.9 Å². The van der Waals surface area contributed by atoms with E-state index in [1.807, 2.05) is 13.4 Å². The fraction of sp³-hybridized carbons (Fsp3) is 0.964. The number of nitrogens with one attached hydrogen (secondary N) is 1. The van der Waals surface area contributed by atoms with Crippen molar-refractivity contribution >= 4 is 6.34 Å². The zero-order chi connectivity index (χ0) is 23.3. The molecule has 5 saturated carbocycles. The monoisotopic (exact) mass is 443 g/mol. The summed E-state index contributed by atoms with van der Waals surface area (Å²) in [4.78, 5) is 6.51. The third kappa shape index (κ3) is 2.50. The molecule has 0 aromatic carbocycles. The van der Waals surface area contributed by atoms with Crippen molar-refractivity contribution in [3.63, 3.8) is 0 Å². The molecule has 4 nitrogen and oxygen atoms in total. The van der Waals surface area contributed by atoms with Gasteiger partial charge in [-0.05, 0) is 104 Å². The quantitative estimate of drug-likeness (QED) is 0.477. The van der Waals surface area contributed by atoms with Crippen molar-refractivity contribution in [2.24, 2.45) is 49.8 Å². The number of nitrogens with zero attached hydrogens (tertiary/aromatic N) is 2. The Bertz CT molecular complexity index is 796. The Hall–Kier alpha value is -0.610. The van der Waals surface area contributed by atoms with Crippen LogP contribution in [0.25, 0.3) is 0 Å². The lowest BCUT2D eigenvalue weighted by atomic mass is 9.42. The zero-order valence-corrected chi connectivity index (χ0v) is 22.0. The lowest BCUT2D eigenvalue weighted by Gasteiger charge is -2.63. The number of aliphatic hydroxyl groups is 1. The first-order valence-corrected chi connectivity index (χ1v) is 13.4. The van der Waals surface area contributed by atoms with Gasteiger partial charge in [0.2, 0.25) is 0 Å². The highest BCUT2D eigenvalue weighted by atomic mass is 16.3. The second kappa shape index (κ2) is 6.97. The summed E-state index contributed by atoms with van der Waals surface area (Å²) in [5.74, 6) is 1.96. The molecule has 0 aromatic heterocycles. The van der Waals surface area contributed by atoms with Gasteiger partial charge in [-0.2, -0.15) is 0 Å². The molecule has 2 N–H and O–H groups in total. The number of rotatable bonds is 4. The van der Waals surface area contributed by atoms with E-state index in [-0.39, 0.29) is 16.9 Å². The van der Waals surface area contributed by atoms with E-state index in [1.165, 1.54) is 44.9 Å². The molecular formula is C28H49N3O. The van der Waals surface area contributed by atoms with Crippen LogP contribution in [0, 0.1) is 44.8 Å². The van der Waals surface area contributed by atoms with Crippen molar-refractivity contribution < 1.29 is 5.11 Å². The van der Waals surface area contributed by atoms with Crippen LogP contribution in [0.4, 0.5) is 0 Å². The SMILES string of the molecule is CN=CN(C)[C@@H](C)C1[C@H](O)C[C@@]2(C)[C@@H]3CC[C@H]4C(C)(C)[C@@H](NC)CC[C@@]45C[C@@]35CC[C@]12C. The molecule has 0 heterocycles. The summed E-state index contributed by atoms with van der Waals surface area (Å²) >= 11 is 0. The van der Waals surface area contributed by atoms with E-state index in [0.29, 0.717) is 34.2 Å². The number of aliphatic hydroxyl groups excluding tert-OH is 1. The fourth-order valence-electron chi connectivity index (χ4n) is 11.4. The molecule has 0 aliphatic heterocycles. The summed E-state index contributed by atoms with van der Waals surface area (Å²) in [6.07, 6.45) is 12.4. The normalized spacial score (nSPS) is 54.3. The molecule has 2 spiro atoms. The summed E-state index contributed by atoms with van der Waals surface area (Å²) in [6, 6.07) is 0.968. The smallest absolute Gasteiger partial charge is 0.0846 e. The highest BCUT2D eigenvalue weighted by Crippen LogP contribution is 2.88. The first-order valence-electron chi connectivity index (χ1n) is 13.4. The van der Waals surface area contributed by atoms with Crippen LogP contribution in [-0.2, 0) is 0 Å². The second-order valence-corrected chi connectivity index (χ2v) is 13.8. The minimum Gasteiger partial charge on any atom is -0.393 e. The van der Waals surface area contributed by atoms with E-state index < -0.39 is 0 Å². The standard InChI is InChI=1S/C28H49N3O/c1-18(31(8)17-29-6)23-19(32)15-26(5)21-10-9-20-24(2,3)22(30-7)11-12-27(20)16-28(21,27)14-13-25(23,26)4/h17-23,30,32H,9-16H2,1-8H3/t18-,19+,20-,21-,22-,23?,25+,26-,27+,28-/m0/s1. The van der Waals surface area contributed by atoms with E-state index in [0.717, 1.165) is 18.3 Å². The molecule has 0 aromatic rings. The van der Waals surface area contributed by atoms with Crippen LogP contribution >= 0.6 is 0 Å². The summed E-state index contributed by atoms with van der Waals surface area (Å²) < 4.78 is 0. The molecule has 5 aliphatic rings. The minimum atomic E-state index is -0.202. The van der Waals surface area contributed by atoms with E-state index in [1.54, 1.807) is 0 Å². The molecule has 5 aliphatic carbocycles. The van der Waals surface area contributed by atoms with Crippen molar-refractivity contribution in [3.8, 4) is 0 Å². The summed E-state index contributed by atoms with van der Waals surface area (Å²) in [5.41, 5.74) is 1.96. The van der Waals surface area contributed by atoms with Gasteiger partial charge in [0.25, 0.3) is 0 Å². The van der Waals surface area contributed by atoms with Gasteiger partial charge in [0.05, 0.1) is 12.4 Å². The van der Waals surface area contributed by atoms with Gasteiger partial charge in [0.15, 0.2) is 0 Å². The van der Waals surface area contributed by atoms with Crippen LogP contribution < -0.4 is 5.32 Å². The first kappa shape index (κ1) is 23.1. The predicted molar refractivity (Wildman–Crippen MR) is 133 cm³/mol. The molecule has 5 rings (SSSR count). The average molecular weight is 444 g/mol. The van der Waals surface area contributed by atoms with Crippen LogP contribution in [0.1, 0.15) is 86.0 Å². The van der Waals surface area contributed by atoms with Gasteiger partial charge < -0.3 is 15.3 Å². The number of hydrogen-bond acceptors (Lipinski definition) is 3. The van der Waals surface area contributed by atoms with Gasteiger partial charge in [-0.1, -0.05) is 27.7 Å². The van der Waals surface area contributed by atoms with Gasteiger partial charge in [0.1, 0.15) is 0 Å². The molecular weight excluding hydrogens is 394 g/mol. The summed E-state index contributed by atoms with van der Waals surface area (Å²) in [7, 11) is 6.16. The second-order valence-electron chi connectivity index (χ2n) is 13.8. The van der Waals surface area contributed by atoms with Crippen molar-refractivity contribution in [3.05, 3.63) is 0 Å². The third-order valence-electron chi connectivity index (χ3n) is 13.0. The van der Waals surface area contributed by atoms with Crippen LogP contribution in [0.5, 0.6) is 0 Å². The maximum absolute atomic E-state index is 11.5. The Balaban J connectivity index is 1.49. The van der Waals surface area contributed by atoms with Crippen LogP contribution in [0.3, 0.4) is 0 Å². The molecule has 0 saturated heterocycles. The zero-order valence-electron chi connectivity index (χ0n) is 22.0. The van der Waals surface area contributed by atoms with E-state index in [4.69, 9.17) is 0 Å². The van der Waals surface area contributed by atoms with Gasteiger partial charge in [0, 0.05) is 32.1 Å². The van der Waals surface area contributed by atoms with E-state index in [9.17, 15) is 5.11 Å². The highest BCUT2D eigenvalue weighted by Gasteiger charge is 2.82. The highest BCUT2D eigenvalue weighted by molar-refractivity contribution is 5.54. The fourth-order valence-corrected chi connectivity index (χ4v) is 11.4. The lowest BCUT2D eigenvalue weighted by Crippen LogP contribution is -2.59. The molecule has 5 fully saturated rings. The van der Waals surface area contributed by atoms with Gasteiger partial charge in [-0.25, -0.2) is 0 Å². The number of hydrogen-bond donors (Lipinski definition) is 2. The van der Waals surface area contributed by atoms with E-state index >= 15 is 0 Å². The molecule has 4 heteroatoms. The van der Waals surface area contributed by atoms with Crippen molar-refractivity contribution in [2.45, 2.75) is 104 Å². The Kier molecular flexibility index (Phi) is 5.04. The van der Waals surface area contributed by atoms with Crippen LogP contribution in [-0.4, -0.2) is 55.7 Å². The molecule has 0 radical (unpaired) electrons. The predicted octanol–water partition coefficient (Wildman–Crippen LogP) is 4.96. The van der Waals surface area contributed by atoms with Gasteiger partial charge in [-0.15, -0.1) is 0 Å². The molecule has 0 bridgehead atoms. The minimum absolute atomic E-state index is 0.200. The summed E-state index contributed by atoms with van der Waals surface area (Å²) in [6.45, 7) is 12.6. The average Bonchev–Trinajstić information content (AvgIpc) is 3.33. The van der Waals surface area contributed by atoms with Crippen molar-refractivity contribution in [1.29, 1.82) is 0 Å². The summed E-state index contributed by atoms with van der Waals surface area (Å²) in [5, 5.41) is 15.2. The number of aliphatic imine (C=N–C) groups is 1. The molecule has 0 amide bonds. The van der Waals surface area contributed by atoms with Gasteiger partial charge in [-0.3, -0.25) is 4.99 Å². The van der Waals surface area contributed by atoms with E-state index in [2.05, 4.69) is 63.9 Å². The molecule has 10 atom stereocenters. The maximum Gasteiger partial charge on any atom is 0.0846 e. The molecule has 182 valence electrons. The Morgan fingerprint density at radius 2 is 1.66 bits per heavy atom. The van der Waals surface area contributed by atoms with Crippen LogP contribution in [0.2, 0.25) is 0 Å². The maximum atomic E-state index is 11.5. The first-order chi connectivity index (χ1) is 14.9. The largest absolute Gasteiger partial charge is 0.393 e. The third-order valence-corrected chi connectivity index (χ3v) is 13.0.